The highest BCUT2D eigenvalue weighted by Gasteiger charge is 2.73. The zero-order valence-electron chi connectivity index (χ0n) is 20.5. The normalized spacial score (nSPS) is 14.5. The van der Waals surface area contributed by atoms with Crippen molar-refractivity contribution in [2.75, 3.05) is 6.54 Å². The number of nitrogens with zero attached hydrogens (tertiary/aromatic N) is 1. The van der Waals surface area contributed by atoms with Crippen LogP contribution in [0.5, 0.6) is 17.4 Å². The smallest absolute Gasteiger partial charge is 0.457 e. The molecular weight excluding hydrogens is 604 g/mol. The molecule has 17 heteroatoms. The van der Waals surface area contributed by atoms with E-state index in [1.807, 2.05) is 0 Å². The topological polar surface area (TPSA) is 63.6 Å². The van der Waals surface area contributed by atoms with Crippen LogP contribution in [0.4, 0.5) is 52.7 Å². The molecule has 0 aliphatic heterocycles. The molecule has 2 aromatic carbocycles. The summed E-state index contributed by atoms with van der Waals surface area (Å²) in [6, 6.07) is 7.66. The lowest BCUT2D eigenvalue weighted by Gasteiger charge is -2.29. The van der Waals surface area contributed by atoms with Crippen molar-refractivity contribution >= 4 is 0 Å². The van der Waals surface area contributed by atoms with Crippen molar-refractivity contribution in [2.45, 2.75) is 43.0 Å². The van der Waals surface area contributed by atoms with Crippen LogP contribution in [0.15, 0.2) is 66.9 Å². The number of aromatic nitrogens is 1. The van der Waals surface area contributed by atoms with Crippen LogP contribution in [0.3, 0.4) is 0 Å². The lowest BCUT2D eigenvalue weighted by molar-refractivity contribution is -0.359. The van der Waals surface area contributed by atoms with Gasteiger partial charge in [0.05, 0.1) is 6.04 Å². The molecule has 1 heterocycles. The molecule has 0 spiro atoms. The summed E-state index contributed by atoms with van der Waals surface area (Å²) < 4.78 is 168. The van der Waals surface area contributed by atoms with Crippen LogP contribution in [0, 0.1) is 0 Å². The SMILES string of the molecule is O[C@H](CNC(c1cccc(Oc2ccnc(OC(F)F)c2)c1)c1cccc(C(F)(F)C(F)(F)C(F)(F)F)c1)C(F)(F)F. The highest BCUT2D eigenvalue weighted by molar-refractivity contribution is 5.41. The number of nitrogens with one attached hydrogen (secondary N) is 1. The van der Waals surface area contributed by atoms with Gasteiger partial charge in [0.15, 0.2) is 6.10 Å². The van der Waals surface area contributed by atoms with Crippen LogP contribution >= 0.6 is 0 Å². The number of aliphatic hydroxyl groups is 1. The molecule has 0 radical (unpaired) electrons. The molecule has 0 bridgehead atoms. The van der Waals surface area contributed by atoms with Crippen LogP contribution in [0.25, 0.3) is 0 Å². The number of benzene rings is 2. The molecule has 0 amide bonds. The predicted octanol–water partition coefficient (Wildman–Crippen LogP) is 7.37. The number of alkyl halides is 12. The monoisotopic (exact) mass is 622 g/mol. The Balaban J connectivity index is 2.02. The van der Waals surface area contributed by atoms with E-state index in [9.17, 15) is 57.8 Å². The minimum Gasteiger partial charge on any atom is -0.457 e. The zero-order chi connectivity index (χ0) is 31.5. The van der Waals surface area contributed by atoms with E-state index in [1.54, 1.807) is 0 Å². The minimum atomic E-state index is -6.64. The number of hydrogen-bond acceptors (Lipinski definition) is 5. The first kappa shape index (κ1) is 32.8. The van der Waals surface area contributed by atoms with Crippen LogP contribution < -0.4 is 14.8 Å². The second-order valence-corrected chi connectivity index (χ2v) is 8.55. The van der Waals surface area contributed by atoms with Crippen molar-refractivity contribution in [1.82, 2.24) is 10.3 Å². The Kier molecular flexibility index (Phi) is 9.56. The summed E-state index contributed by atoms with van der Waals surface area (Å²) in [7, 11) is 0. The van der Waals surface area contributed by atoms with E-state index in [2.05, 4.69) is 15.0 Å². The Labute approximate surface area is 228 Å². The van der Waals surface area contributed by atoms with Gasteiger partial charge in [-0.3, -0.25) is 0 Å². The number of pyridine rings is 1. The van der Waals surface area contributed by atoms with Crippen molar-refractivity contribution in [2.24, 2.45) is 0 Å². The predicted molar refractivity (Wildman–Crippen MR) is 121 cm³/mol. The summed E-state index contributed by atoms with van der Waals surface area (Å²) in [6.45, 7) is -4.47. The van der Waals surface area contributed by atoms with Gasteiger partial charge in [-0.25, -0.2) is 4.98 Å². The third-order valence-corrected chi connectivity index (χ3v) is 5.57. The minimum absolute atomic E-state index is 0.0805. The van der Waals surface area contributed by atoms with E-state index < -0.39 is 66.5 Å². The molecule has 0 saturated carbocycles. The van der Waals surface area contributed by atoms with Crippen molar-refractivity contribution in [3.8, 4) is 17.4 Å². The van der Waals surface area contributed by atoms with Crippen molar-refractivity contribution in [1.29, 1.82) is 0 Å². The van der Waals surface area contributed by atoms with Gasteiger partial charge >= 0.3 is 30.8 Å². The molecule has 2 atom stereocenters. The molecule has 0 aliphatic carbocycles. The average Bonchev–Trinajstić information content (AvgIpc) is 2.87. The standard InChI is InChI=1S/C25H18F12N2O3/c26-21(27)42-19-11-17(7-8-38-19)41-16-6-2-4-14(10-16)20(39-12-18(40)23(30,31)32)13-3-1-5-15(9-13)22(28,29)24(33,34)25(35,36)37/h1-11,18,20-21,39-40H,12H2/t18-,20?/m1/s1. The number of rotatable bonds is 11. The summed E-state index contributed by atoms with van der Waals surface area (Å²) in [5.74, 6) is -13.0. The molecule has 42 heavy (non-hydrogen) atoms. The van der Waals surface area contributed by atoms with Crippen LogP contribution in [-0.4, -0.2) is 47.6 Å². The first-order valence-corrected chi connectivity index (χ1v) is 11.4. The summed E-state index contributed by atoms with van der Waals surface area (Å²) in [5.41, 5.74) is -2.35. The largest absolute Gasteiger partial charge is 0.460 e. The first-order valence-electron chi connectivity index (χ1n) is 11.4. The van der Waals surface area contributed by atoms with Gasteiger partial charge in [0.1, 0.15) is 11.5 Å². The molecule has 1 aromatic heterocycles. The third kappa shape index (κ3) is 7.56. The molecule has 230 valence electrons. The van der Waals surface area contributed by atoms with Gasteiger partial charge in [0.25, 0.3) is 0 Å². The average molecular weight is 622 g/mol. The molecular formula is C25H18F12N2O3. The molecule has 2 N–H and O–H groups in total. The Morgan fingerprint density at radius 2 is 1.38 bits per heavy atom. The van der Waals surface area contributed by atoms with E-state index in [-0.39, 0.29) is 29.2 Å². The van der Waals surface area contributed by atoms with E-state index in [1.165, 1.54) is 24.3 Å². The molecule has 5 nitrogen and oxygen atoms in total. The Morgan fingerprint density at radius 3 is 1.98 bits per heavy atom. The maximum absolute atomic E-state index is 14.4. The van der Waals surface area contributed by atoms with Gasteiger partial charge in [-0.15, -0.1) is 0 Å². The number of ether oxygens (including phenoxy) is 2. The van der Waals surface area contributed by atoms with E-state index in [0.717, 1.165) is 24.4 Å². The molecule has 0 fully saturated rings. The van der Waals surface area contributed by atoms with E-state index in [4.69, 9.17) is 4.74 Å². The number of aliphatic hydroxyl groups excluding tert-OH is 1. The quantitative estimate of drug-likeness (QED) is 0.219. The summed E-state index contributed by atoms with van der Waals surface area (Å²) in [6.07, 6.45) is -13.7. The molecule has 0 aliphatic rings. The van der Waals surface area contributed by atoms with Crippen molar-refractivity contribution in [3.05, 3.63) is 83.6 Å². The molecule has 1 unspecified atom stereocenters. The van der Waals surface area contributed by atoms with Crippen molar-refractivity contribution in [3.63, 3.8) is 0 Å². The summed E-state index contributed by atoms with van der Waals surface area (Å²) >= 11 is 0. The number of halogens is 12. The van der Waals surface area contributed by atoms with Crippen LogP contribution in [-0.2, 0) is 5.92 Å². The Hall–Kier alpha value is -3.73. The second kappa shape index (κ2) is 12.2. The fourth-order valence-corrected chi connectivity index (χ4v) is 3.55. The maximum Gasteiger partial charge on any atom is 0.460 e. The lowest BCUT2D eigenvalue weighted by Crippen LogP contribution is -2.50. The Bertz CT molecular complexity index is 1350. The number of hydrogen-bond donors (Lipinski definition) is 2. The Morgan fingerprint density at radius 1 is 0.786 bits per heavy atom. The van der Waals surface area contributed by atoms with Gasteiger partial charge in [0.2, 0.25) is 5.88 Å². The first-order chi connectivity index (χ1) is 19.3. The van der Waals surface area contributed by atoms with Gasteiger partial charge in [0, 0.05) is 24.4 Å². The third-order valence-electron chi connectivity index (χ3n) is 5.57. The van der Waals surface area contributed by atoms with E-state index in [0.29, 0.717) is 6.07 Å². The summed E-state index contributed by atoms with van der Waals surface area (Å²) in [4.78, 5) is 3.53. The highest BCUT2D eigenvalue weighted by atomic mass is 19.4. The van der Waals surface area contributed by atoms with Gasteiger partial charge in [-0.1, -0.05) is 30.3 Å². The zero-order valence-corrected chi connectivity index (χ0v) is 20.5. The maximum atomic E-state index is 14.4. The van der Waals surface area contributed by atoms with Crippen molar-refractivity contribution < 1.29 is 67.3 Å². The fraction of sp³-hybridized carbons (Fsp3) is 0.320. The van der Waals surface area contributed by atoms with E-state index >= 15 is 0 Å². The highest BCUT2D eigenvalue weighted by Crippen LogP contribution is 2.52. The van der Waals surface area contributed by atoms with Crippen LogP contribution in [0.2, 0.25) is 0 Å². The summed E-state index contributed by atoms with van der Waals surface area (Å²) in [5, 5.41) is 11.7. The fourth-order valence-electron chi connectivity index (χ4n) is 3.55. The molecule has 3 rings (SSSR count). The van der Waals surface area contributed by atoms with Gasteiger partial charge in [-0.05, 0) is 35.4 Å². The van der Waals surface area contributed by atoms with Gasteiger partial charge in [-0.2, -0.15) is 52.7 Å². The van der Waals surface area contributed by atoms with Gasteiger partial charge < -0.3 is 19.9 Å². The molecule has 0 saturated heterocycles. The lowest BCUT2D eigenvalue weighted by atomic mass is 9.93. The second-order valence-electron chi connectivity index (χ2n) is 8.55. The molecule has 3 aromatic rings. The van der Waals surface area contributed by atoms with Crippen LogP contribution in [0.1, 0.15) is 22.7 Å².